The first-order valence-corrected chi connectivity index (χ1v) is 21.9. The maximum Gasteiger partial charge on any atom is 0.460 e. The molecule has 51 heavy (non-hydrogen) atoms. The van der Waals surface area contributed by atoms with Gasteiger partial charge in [0, 0.05) is 29.4 Å². The highest BCUT2D eigenvalue weighted by molar-refractivity contribution is 8.33. The molecule has 0 spiro atoms. The lowest BCUT2D eigenvalue weighted by Gasteiger charge is -2.41. The number of thioether (sulfide) groups is 3. The lowest BCUT2D eigenvalue weighted by molar-refractivity contribution is -0.382. The number of hydrogen-bond donors (Lipinski definition) is 0. The monoisotopic (exact) mass is 826 g/mol. The molecule has 0 fully saturated rings. The molecule has 0 amide bonds. The maximum atomic E-state index is 15.4. The molecule has 0 aliphatic carbocycles. The predicted octanol–water partition coefficient (Wildman–Crippen LogP) is 13.3. The van der Waals surface area contributed by atoms with Crippen LogP contribution in [0, 0.1) is 0 Å². The van der Waals surface area contributed by atoms with E-state index < -0.39 is 43.7 Å². The predicted molar refractivity (Wildman–Crippen MR) is 190 cm³/mol. The molecule has 0 atom stereocenters. The van der Waals surface area contributed by atoms with Gasteiger partial charge >= 0.3 is 33.4 Å². The SMILES string of the molecule is CCCCSc1ccc(S(OS(=O)(=O)C(F)(F)C(F)(F)C(F)(F)C(F)(F)F)(c2ccc(SCCCC)cc2)c2ccc(SCCCC)cc2)cc1. The van der Waals surface area contributed by atoms with Crippen molar-refractivity contribution in [1.29, 1.82) is 0 Å². The van der Waals surface area contributed by atoms with Gasteiger partial charge in [-0.1, -0.05) is 40.0 Å². The number of hydrogen-bond acceptors (Lipinski definition) is 6. The summed E-state index contributed by atoms with van der Waals surface area (Å²) < 4.78 is 159. The van der Waals surface area contributed by atoms with Gasteiger partial charge in [0.25, 0.3) is 0 Å². The molecule has 0 radical (unpaired) electrons. The van der Waals surface area contributed by atoms with E-state index in [0.29, 0.717) is 31.9 Å². The fraction of sp³-hybridized carbons (Fsp3) is 0.471. The number of unbranched alkanes of at least 4 members (excludes halogenated alkanes) is 3. The fourth-order valence-electron chi connectivity index (χ4n) is 4.41. The van der Waals surface area contributed by atoms with Gasteiger partial charge in [-0.05, 0) is 120 Å². The molecule has 0 aliphatic rings. The highest BCUT2D eigenvalue weighted by atomic mass is 32.3. The van der Waals surface area contributed by atoms with Crippen LogP contribution in [0.25, 0.3) is 0 Å². The van der Waals surface area contributed by atoms with E-state index in [1.54, 1.807) is 36.4 Å². The van der Waals surface area contributed by atoms with Crippen molar-refractivity contribution < 1.29 is 51.6 Å². The Balaban J connectivity index is 2.33. The fourth-order valence-corrected chi connectivity index (χ4v) is 12.6. The van der Waals surface area contributed by atoms with Gasteiger partial charge in [-0.25, -0.2) is 3.63 Å². The summed E-state index contributed by atoms with van der Waals surface area (Å²) in [6.45, 7) is 5.97. The number of rotatable bonds is 20. The Morgan fingerprint density at radius 1 is 0.510 bits per heavy atom. The van der Waals surface area contributed by atoms with Crippen molar-refractivity contribution >= 4 is 55.7 Å². The Morgan fingerprint density at radius 2 is 0.804 bits per heavy atom. The van der Waals surface area contributed by atoms with Crippen LogP contribution in [-0.2, 0) is 13.7 Å². The minimum Gasteiger partial charge on any atom is -0.202 e. The third-order valence-electron chi connectivity index (χ3n) is 7.39. The van der Waals surface area contributed by atoms with Crippen molar-refractivity contribution in [1.82, 2.24) is 0 Å². The normalized spacial score (nSPS) is 13.8. The van der Waals surface area contributed by atoms with Crippen LogP contribution in [0.1, 0.15) is 59.3 Å². The number of benzene rings is 3. The van der Waals surface area contributed by atoms with Gasteiger partial charge in [0.15, 0.2) is 0 Å². The molecular weight excluding hydrogens is 788 g/mol. The summed E-state index contributed by atoms with van der Waals surface area (Å²) in [6.07, 6.45) is -1.94. The minimum atomic E-state index is -7.46. The highest BCUT2D eigenvalue weighted by Crippen LogP contribution is 2.71. The zero-order valence-electron chi connectivity index (χ0n) is 28.0. The number of halogens is 9. The van der Waals surface area contributed by atoms with Crippen LogP contribution >= 0.6 is 45.6 Å². The van der Waals surface area contributed by atoms with Gasteiger partial charge in [-0.15, -0.1) is 35.3 Å². The van der Waals surface area contributed by atoms with Crippen molar-refractivity contribution in [3.63, 3.8) is 0 Å². The maximum absolute atomic E-state index is 15.4. The molecule has 0 aromatic heterocycles. The van der Waals surface area contributed by atoms with Crippen molar-refractivity contribution in [2.45, 2.75) is 112 Å². The van der Waals surface area contributed by atoms with Crippen LogP contribution in [0.4, 0.5) is 39.5 Å². The summed E-state index contributed by atoms with van der Waals surface area (Å²) in [5.41, 5.74) is 0. The Labute approximate surface area is 307 Å². The van der Waals surface area contributed by atoms with E-state index in [-0.39, 0.29) is 14.7 Å². The summed E-state index contributed by atoms with van der Waals surface area (Å²) in [6, 6.07) is 17.4. The van der Waals surface area contributed by atoms with E-state index in [0.717, 1.165) is 38.5 Å². The molecule has 3 aromatic carbocycles. The molecule has 0 saturated carbocycles. The number of alkyl halides is 9. The standard InChI is InChI=1S/C34H39F9O3S5/c1-4-7-22-47-25-10-16-28(17-11-25)50(29-18-12-26(13-19-29)48-23-8-5-2,30-20-14-27(15-21-30)49-24-9-6-3)46-51(44,45)34(42,43)32(37,38)31(35,36)33(39,40)41/h10-21H,4-9,22-24H2,1-3H3. The van der Waals surface area contributed by atoms with Crippen LogP contribution in [0.2, 0.25) is 0 Å². The molecule has 3 rings (SSSR count). The van der Waals surface area contributed by atoms with Crippen LogP contribution in [0.3, 0.4) is 0 Å². The van der Waals surface area contributed by atoms with Crippen LogP contribution < -0.4 is 0 Å². The molecular formula is C34H39F9O3S5. The molecule has 0 N–H and O–H groups in total. The third kappa shape index (κ3) is 9.72. The minimum absolute atomic E-state index is 0.106. The quantitative estimate of drug-likeness (QED) is 0.0642. The van der Waals surface area contributed by atoms with Gasteiger partial charge in [-0.3, -0.25) is 0 Å². The molecule has 17 heteroatoms. The molecule has 0 unspecified atom stereocenters. The Bertz CT molecular complexity index is 1500. The second kappa shape index (κ2) is 18.1. The van der Waals surface area contributed by atoms with Crippen LogP contribution in [0.5, 0.6) is 0 Å². The van der Waals surface area contributed by atoms with Crippen molar-refractivity contribution in [2.24, 2.45) is 0 Å². The third-order valence-corrected chi connectivity index (χ3v) is 15.9. The van der Waals surface area contributed by atoms with Crippen molar-refractivity contribution in [3.05, 3.63) is 72.8 Å². The van der Waals surface area contributed by atoms with Gasteiger partial charge in [0.05, 0.1) is 0 Å². The topological polar surface area (TPSA) is 43.4 Å². The summed E-state index contributed by atoms with van der Waals surface area (Å²) in [7, 11) is -11.4. The largest absolute Gasteiger partial charge is 0.460 e. The molecule has 0 aliphatic heterocycles. The summed E-state index contributed by atoms with van der Waals surface area (Å²) >= 11 is 4.32. The Morgan fingerprint density at radius 3 is 1.06 bits per heavy atom. The van der Waals surface area contributed by atoms with E-state index >= 15 is 8.78 Å². The molecule has 286 valence electrons. The lowest BCUT2D eigenvalue weighted by atomic mass is 10.1. The van der Waals surface area contributed by atoms with E-state index in [4.69, 9.17) is 3.63 Å². The second-order valence-electron chi connectivity index (χ2n) is 11.3. The smallest absolute Gasteiger partial charge is 0.202 e. The van der Waals surface area contributed by atoms with Gasteiger partial charge < -0.3 is 0 Å². The van der Waals surface area contributed by atoms with E-state index in [1.165, 1.54) is 71.7 Å². The van der Waals surface area contributed by atoms with Crippen LogP contribution in [-0.4, -0.2) is 49.0 Å². The Hall–Kier alpha value is -1.66. The van der Waals surface area contributed by atoms with Crippen LogP contribution in [0.15, 0.2) is 102 Å². The van der Waals surface area contributed by atoms with E-state index in [1.807, 2.05) is 20.8 Å². The summed E-state index contributed by atoms with van der Waals surface area (Å²) in [5.74, 6) is -12.8. The second-order valence-corrected chi connectivity index (χ2v) is 19.3. The van der Waals surface area contributed by atoms with E-state index in [2.05, 4.69) is 0 Å². The first-order valence-electron chi connectivity index (χ1n) is 16.0. The molecule has 3 nitrogen and oxygen atoms in total. The average molecular weight is 827 g/mol. The van der Waals surface area contributed by atoms with Gasteiger partial charge in [-0.2, -0.15) is 47.9 Å². The first kappa shape index (κ1) is 43.7. The molecule has 0 bridgehead atoms. The molecule has 0 heterocycles. The lowest BCUT2D eigenvalue weighted by Crippen LogP contribution is -2.63. The Kier molecular flexibility index (Phi) is 15.5. The molecule has 3 aromatic rings. The first-order chi connectivity index (χ1) is 23.8. The summed E-state index contributed by atoms with van der Waals surface area (Å²) in [4.78, 5) is 1.75. The summed E-state index contributed by atoms with van der Waals surface area (Å²) in [5, 5.41) is -7.04. The van der Waals surface area contributed by atoms with Gasteiger partial charge in [0.2, 0.25) is 0 Å². The van der Waals surface area contributed by atoms with Gasteiger partial charge in [0.1, 0.15) is 0 Å². The molecule has 0 saturated heterocycles. The zero-order valence-corrected chi connectivity index (χ0v) is 32.0. The zero-order chi connectivity index (χ0) is 38.1. The average Bonchev–Trinajstić information content (AvgIpc) is 3.08. The van der Waals surface area contributed by atoms with Crippen molar-refractivity contribution in [2.75, 3.05) is 17.3 Å². The van der Waals surface area contributed by atoms with E-state index in [9.17, 15) is 39.2 Å². The highest BCUT2D eigenvalue weighted by Gasteiger charge is 2.86. The van der Waals surface area contributed by atoms with Crippen molar-refractivity contribution in [3.8, 4) is 0 Å².